The van der Waals surface area contributed by atoms with Crippen LogP contribution in [0.15, 0.2) is 66.4 Å². The van der Waals surface area contributed by atoms with Crippen LogP contribution in [-0.2, 0) is 32.0 Å². The number of unbranched alkanes of at least 4 members (excludes halogenated alkanes) is 4. The molecule has 4 unspecified atom stereocenters. The number of carbonyl (C=O) groups excluding carboxylic acids is 4. The van der Waals surface area contributed by atoms with E-state index in [1.165, 1.54) is 50.2 Å². The van der Waals surface area contributed by atoms with Crippen LogP contribution >= 0.6 is 0 Å². The number of carbonyl (C=O) groups is 4. The molecule has 0 fully saturated rings. The Hall–Kier alpha value is -8.00. The first kappa shape index (κ1) is 68.5. The van der Waals surface area contributed by atoms with E-state index in [0.29, 0.717) is 9.13 Å². The predicted octanol–water partition coefficient (Wildman–Crippen LogP) is 14.8. The van der Waals surface area contributed by atoms with Gasteiger partial charge in [-0.2, -0.15) is 10.5 Å². The molecule has 4 rings (SSSR count). The Kier molecular flexibility index (Phi) is 28.7. The molecule has 2 aromatic carbocycles. The van der Waals surface area contributed by atoms with E-state index >= 15 is 0 Å². The van der Waals surface area contributed by atoms with Crippen molar-refractivity contribution in [1.82, 2.24) is 9.13 Å². The summed E-state index contributed by atoms with van der Waals surface area (Å²) < 4.78 is 24.6. The van der Waals surface area contributed by atoms with Crippen molar-refractivity contribution in [3.63, 3.8) is 0 Å². The van der Waals surface area contributed by atoms with Crippen molar-refractivity contribution in [3.8, 4) is 23.9 Å². The van der Waals surface area contributed by atoms with Crippen LogP contribution in [0, 0.1) is 60.2 Å². The largest absolute Gasteiger partial charge is 0.493 e. The first-order chi connectivity index (χ1) is 40.4. The van der Waals surface area contributed by atoms with Crippen LogP contribution in [0.25, 0.3) is 0 Å². The van der Waals surface area contributed by atoms with Crippen molar-refractivity contribution >= 4 is 46.6 Å². The van der Waals surface area contributed by atoms with Gasteiger partial charge in [0.2, 0.25) is 11.8 Å². The zero-order valence-corrected chi connectivity index (χ0v) is 50.9. The first-order valence-electron chi connectivity index (χ1n) is 30.0. The van der Waals surface area contributed by atoms with Crippen LogP contribution in [0.1, 0.15) is 222 Å². The molecule has 2 N–H and O–H groups in total. The fourth-order valence-corrected chi connectivity index (χ4v) is 9.57. The number of azo groups is 2. The number of hydrogen-bond acceptors (Lipinski definition) is 18. The monoisotopic (exact) mass is 1160 g/mol. The molecule has 0 aliphatic carbocycles. The third-order valence-corrected chi connectivity index (χ3v) is 15.5. The molecule has 0 saturated carbocycles. The number of hydrogen-bond donors (Lipinski definition) is 2. The average molecular weight is 1160 g/mol. The molecule has 0 saturated heterocycles. The molecule has 4 atom stereocenters. The van der Waals surface area contributed by atoms with Crippen molar-refractivity contribution in [2.75, 3.05) is 26.4 Å². The molecule has 454 valence electrons. The number of ether oxygens (including phenoxy) is 4. The van der Waals surface area contributed by atoms with Gasteiger partial charge in [-0.05, 0) is 87.5 Å². The Morgan fingerprint density at radius 1 is 0.464 bits per heavy atom. The Bertz CT molecular complexity index is 2860. The lowest BCUT2D eigenvalue weighted by Crippen LogP contribution is -2.30. The van der Waals surface area contributed by atoms with Crippen molar-refractivity contribution in [2.24, 2.45) is 44.1 Å². The molecule has 20 heteroatoms. The van der Waals surface area contributed by atoms with Gasteiger partial charge >= 0.3 is 23.9 Å². The average Bonchev–Trinajstić information content (AvgIpc) is 2.12. The summed E-state index contributed by atoms with van der Waals surface area (Å²) in [5.74, 6) is -4.56. The molecule has 2 heterocycles. The van der Waals surface area contributed by atoms with Gasteiger partial charge in [0.25, 0.3) is 11.1 Å². The number of nitrogens with zero attached hydrogens (tertiary/aromatic N) is 8. The standard InChI is InChI=1S/C64H86N8O12/c1-11-19-25-43(15-5)37-81-61(77)47-29-23-30-48(62(78)82-38-44(16-6)26-20-12-2)55(47)69-67-53-41(9)51(35-65)57(73)71(59(53)75)33-34-72-58(74)52(36-66)42(10)54(60(72)76)68-70-56-49(63(79)83-39-45(17-7)27-21-13-3)31-24-32-50(56)64(80)84-40-46(18-8)28-22-14-4/h23-24,29-32,43-46,75-76H,11-22,25-28,33-34,37-40H2,1-10H3/b69-67+,70-68+. The summed E-state index contributed by atoms with van der Waals surface area (Å²) in [5.41, 5.74) is -5.12. The van der Waals surface area contributed by atoms with Gasteiger partial charge in [-0.15, -0.1) is 20.5 Å². The summed E-state index contributed by atoms with van der Waals surface area (Å²) in [7, 11) is 0. The SMILES string of the molecule is CCCCC(CC)COC(=O)c1cccc(C(=O)OCC(CC)CCCC)c1/N=N/c1c(C)c(C#N)c(=O)n(CCn2c(O)c(/N=N/c3c(C(=O)OCC(CC)CCCC)cccc3C(=O)OCC(CC)CCCC)c(C)c(C#N)c2=O)c1O. The van der Waals surface area contributed by atoms with E-state index in [0.717, 1.165) is 103 Å². The Balaban J connectivity index is 1.86. The molecule has 0 bridgehead atoms. The summed E-state index contributed by atoms with van der Waals surface area (Å²) in [6.07, 6.45) is 14.0. The normalized spacial score (nSPS) is 12.8. The second-order valence-electron chi connectivity index (χ2n) is 21.3. The van der Waals surface area contributed by atoms with Gasteiger partial charge in [-0.3, -0.25) is 18.7 Å². The summed E-state index contributed by atoms with van der Waals surface area (Å²) in [5, 5.41) is 61.7. The van der Waals surface area contributed by atoms with Gasteiger partial charge in [-0.1, -0.05) is 145 Å². The molecule has 4 aromatic rings. The van der Waals surface area contributed by atoms with E-state index in [9.17, 15) is 49.5 Å². The minimum atomic E-state index is -1.02. The van der Waals surface area contributed by atoms with E-state index in [-0.39, 0.29) is 94.9 Å². The molecule has 0 radical (unpaired) electrons. The number of aromatic nitrogens is 2. The van der Waals surface area contributed by atoms with E-state index < -0.39 is 82.3 Å². The molecule has 0 aliphatic rings. The number of pyridine rings is 2. The summed E-state index contributed by atoms with van der Waals surface area (Å²) in [4.78, 5) is 83.7. The smallest absolute Gasteiger partial charge is 0.340 e. The minimum Gasteiger partial charge on any atom is -0.493 e. The molecule has 0 aliphatic heterocycles. The van der Waals surface area contributed by atoms with Crippen LogP contribution in [0.2, 0.25) is 0 Å². The van der Waals surface area contributed by atoms with Gasteiger partial charge in [0.1, 0.15) is 34.6 Å². The van der Waals surface area contributed by atoms with Crippen molar-refractivity contribution in [1.29, 1.82) is 10.5 Å². The fourth-order valence-electron chi connectivity index (χ4n) is 9.57. The topological polar surface area (TPSA) is 287 Å². The zero-order chi connectivity index (χ0) is 61.9. The van der Waals surface area contributed by atoms with E-state index in [4.69, 9.17) is 18.9 Å². The third kappa shape index (κ3) is 18.2. The minimum absolute atomic E-state index is 0.0779. The lowest BCUT2D eigenvalue weighted by Gasteiger charge is -2.17. The fraction of sp³-hybridized carbons (Fsp3) is 0.562. The zero-order valence-electron chi connectivity index (χ0n) is 50.9. The van der Waals surface area contributed by atoms with Gasteiger partial charge < -0.3 is 29.2 Å². The number of nitriles is 2. The Labute approximate surface area is 493 Å². The second-order valence-corrected chi connectivity index (χ2v) is 21.3. The predicted molar refractivity (Wildman–Crippen MR) is 319 cm³/mol. The number of aromatic hydroxyl groups is 2. The highest BCUT2D eigenvalue weighted by molar-refractivity contribution is 6.04. The van der Waals surface area contributed by atoms with Crippen LogP contribution in [0.4, 0.5) is 22.7 Å². The first-order valence-corrected chi connectivity index (χ1v) is 30.0. The molecule has 0 amide bonds. The Morgan fingerprint density at radius 2 is 0.714 bits per heavy atom. The van der Waals surface area contributed by atoms with Crippen molar-refractivity contribution < 1.29 is 48.3 Å². The highest BCUT2D eigenvalue weighted by Crippen LogP contribution is 2.38. The van der Waals surface area contributed by atoms with Crippen molar-refractivity contribution in [2.45, 2.75) is 185 Å². The summed E-state index contributed by atoms with van der Waals surface area (Å²) in [6.45, 7) is 18.1. The van der Waals surface area contributed by atoms with Crippen LogP contribution < -0.4 is 11.1 Å². The van der Waals surface area contributed by atoms with Crippen LogP contribution in [-0.4, -0.2) is 69.7 Å². The molecule has 20 nitrogen and oxygen atoms in total. The second kappa shape index (κ2) is 35.2. The summed E-state index contributed by atoms with van der Waals surface area (Å²) >= 11 is 0. The third-order valence-electron chi connectivity index (χ3n) is 15.5. The maximum Gasteiger partial charge on any atom is 0.340 e. The van der Waals surface area contributed by atoms with Crippen molar-refractivity contribution in [3.05, 3.63) is 102 Å². The molecular formula is C64H86N8O12. The molecule has 84 heavy (non-hydrogen) atoms. The maximum absolute atomic E-state index is 14.0. The highest BCUT2D eigenvalue weighted by atomic mass is 16.5. The Morgan fingerprint density at radius 3 is 0.940 bits per heavy atom. The number of esters is 4. The number of benzene rings is 2. The summed E-state index contributed by atoms with van der Waals surface area (Å²) in [6, 6.07) is 12.3. The van der Waals surface area contributed by atoms with E-state index in [1.54, 1.807) is 0 Å². The highest BCUT2D eigenvalue weighted by Gasteiger charge is 2.28. The van der Waals surface area contributed by atoms with Gasteiger partial charge in [0.05, 0.1) is 48.7 Å². The molecular weight excluding hydrogens is 1070 g/mol. The molecule has 2 aromatic heterocycles. The lowest BCUT2D eigenvalue weighted by atomic mass is 10.0. The van der Waals surface area contributed by atoms with Gasteiger partial charge in [-0.25, -0.2) is 19.2 Å². The van der Waals surface area contributed by atoms with E-state index in [2.05, 4.69) is 48.2 Å². The van der Waals surface area contributed by atoms with Gasteiger partial charge in [0.15, 0.2) is 11.4 Å². The lowest BCUT2D eigenvalue weighted by molar-refractivity contribution is 0.0410. The quantitative estimate of drug-likeness (QED) is 0.0246. The molecule has 0 spiro atoms. The van der Waals surface area contributed by atoms with Crippen LogP contribution in [0.3, 0.4) is 0 Å². The number of rotatable bonds is 35. The maximum atomic E-state index is 14.0. The van der Waals surface area contributed by atoms with Gasteiger partial charge in [0, 0.05) is 24.2 Å². The van der Waals surface area contributed by atoms with E-state index in [1.807, 2.05) is 39.8 Å². The van der Waals surface area contributed by atoms with Crippen LogP contribution in [0.5, 0.6) is 11.8 Å².